The standard InChI is InChI=1S/C23H21F3N2/c24-23(25,26)20-13-6-12-19-18(10-3-4-14-27)21(28-22(19)20)17-11-5-8-15-7-1-2-9-16(15)17/h1-2,5-9,11-13,28H,3-4,10,14,27H2. The van der Waals surface area contributed by atoms with Gasteiger partial charge in [0.15, 0.2) is 0 Å². The summed E-state index contributed by atoms with van der Waals surface area (Å²) in [4.78, 5) is 3.12. The van der Waals surface area contributed by atoms with Crippen LogP contribution in [0.2, 0.25) is 0 Å². The van der Waals surface area contributed by atoms with E-state index < -0.39 is 11.7 Å². The van der Waals surface area contributed by atoms with E-state index in [2.05, 4.69) is 4.98 Å². The lowest BCUT2D eigenvalue weighted by molar-refractivity contribution is -0.136. The van der Waals surface area contributed by atoms with Gasteiger partial charge in [-0.2, -0.15) is 13.2 Å². The molecule has 0 saturated heterocycles. The molecule has 4 aromatic rings. The molecular weight excluding hydrogens is 361 g/mol. The van der Waals surface area contributed by atoms with E-state index in [0.29, 0.717) is 18.4 Å². The van der Waals surface area contributed by atoms with Crippen molar-refractivity contribution < 1.29 is 13.2 Å². The minimum atomic E-state index is -4.41. The zero-order valence-electron chi connectivity index (χ0n) is 15.3. The fraction of sp³-hybridized carbons (Fsp3) is 0.217. The molecule has 1 heterocycles. The van der Waals surface area contributed by atoms with E-state index in [1.807, 2.05) is 42.5 Å². The summed E-state index contributed by atoms with van der Waals surface area (Å²) in [5.74, 6) is 0. The van der Waals surface area contributed by atoms with Gasteiger partial charge in [-0.05, 0) is 48.2 Å². The second-order valence-electron chi connectivity index (χ2n) is 6.98. The minimum absolute atomic E-state index is 0.153. The molecule has 144 valence electrons. The lowest BCUT2D eigenvalue weighted by Gasteiger charge is -2.09. The Balaban J connectivity index is 2.00. The maximum absolute atomic E-state index is 13.6. The van der Waals surface area contributed by atoms with Crippen molar-refractivity contribution in [2.75, 3.05) is 6.54 Å². The number of hydrogen-bond donors (Lipinski definition) is 2. The van der Waals surface area contributed by atoms with E-state index in [1.54, 1.807) is 6.07 Å². The van der Waals surface area contributed by atoms with Crippen LogP contribution in [0.3, 0.4) is 0 Å². The average molecular weight is 382 g/mol. The van der Waals surface area contributed by atoms with Gasteiger partial charge in [0.25, 0.3) is 0 Å². The molecule has 0 radical (unpaired) electrons. The lowest BCUT2D eigenvalue weighted by atomic mass is 9.96. The molecule has 28 heavy (non-hydrogen) atoms. The first-order valence-electron chi connectivity index (χ1n) is 9.39. The van der Waals surface area contributed by atoms with Gasteiger partial charge in [0.05, 0.1) is 16.8 Å². The highest BCUT2D eigenvalue weighted by molar-refractivity contribution is 6.01. The Labute approximate surface area is 161 Å². The van der Waals surface area contributed by atoms with Crippen molar-refractivity contribution in [3.8, 4) is 11.3 Å². The molecule has 4 rings (SSSR count). The summed E-state index contributed by atoms with van der Waals surface area (Å²) in [5.41, 5.74) is 7.76. The summed E-state index contributed by atoms with van der Waals surface area (Å²) >= 11 is 0. The van der Waals surface area contributed by atoms with Gasteiger partial charge in [-0.25, -0.2) is 0 Å². The van der Waals surface area contributed by atoms with Gasteiger partial charge < -0.3 is 10.7 Å². The molecule has 0 aliphatic carbocycles. The van der Waals surface area contributed by atoms with Crippen LogP contribution < -0.4 is 5.73 Å². The van der Waals surface area contributed by atoms with Crippen molar-refractivity contribution in [1.82, 2.24) is 4.98 Å². The summed E-state index contributed by atoms with van der Waals surface area (Å²) in [6, 6.07) is 18.2. The van der Waals surface area contributed by atoms with Crippen LogP contribution in [0.15, 0.2) is 60.7 Å². The van der Waals surface area contributed by atoms with Gasteiger partial charge in [-0.15, -0.1) is 0 Å². The highest BCUT2D eigenvalue weighted by Gasteiger charge is 2.34. The largest absolute Gasteiger partial charge is 0.418 e. The minimum Gasteiger partial charge on any atom is -0.354 e. The number of H-pyrrole nitrogens is 1. The number of aromatic amines is 1. The topological polar surface area (TPSA) is 41.8 Å². The first-order chi connectivity index (χ1) is 13.5. The van der Waals surface area contributed by atoms with E-state index >= 15 is 0 Å². The molecule has 3 N–H and O–H groups in total. The number of halogens is 3. The quantitative estimate of drug-likeness (QED) is 0.391. The van der Waals surface area contributed by atoms with E-state index in [1.165, 1.54) is 6.07 Å². The SMILES string of the molecule is NCCCCc1c(-c2cccc3ccccc23)[nH]c2c(C(F)(F)F)cccc12. The van der Waals surface area contributed by atoms with Crippen LogP contribution in [-0.2, 0) is 12.6 Å². The molecule has 5 heteroatoms. The van der Waals surface area contributed by atoms with Crippen LogP contribution >= 0.6 is 0 Å². The van der Waals surface area contributed by atoms with Gasteiger partial charge in [-0.3, -0.25) is 0 Å². The van der Waals surface area contributed by atoms with E-state index in [-0.39, 0.29) is 5.52 Å². The van der Waals surface area contributed by atoms with Gasteiger partial charge in [0, 0.05) is 10.9 Å². The molecule has 0 amide bonds. The van der Waals surface area contributed by atoms with E-state index in [4.69, 9.17) is 5.73 Å². The smallest absolute Gasteiger partial charge is 0.354 e. The Hall–Kier alpha value is -2.79. The van der Waals surface area contributed by atoms with Crippen molar-refractivity contribution in [3.05, 3.63) is 71.8 Å². The molecule has 3 aromatic carbocycles. The molecule has 0 saturated carbocycles. The number of para-hydroxylation sites is 1. The number of rotatable bonds is 5. The number of alkyl halides is 3. The van der Waals surface area contributed by atoms with Crippen LogP contribution in [0.25, 0.3) is 32.9 Å². The van der Waals surface area contributed by atoms with Crippen LogP contribution in [0.1, 0.15) is 24.0 Å². The zero-order chi connectivity index (χ0) is 19.7. The summed E-state index contributed by atoms with van der Waals surface area (Å²) < 4.78 is 40.8. The van der Waals surface area contributed by atoms with Crippen LogP contribution in [0.4, 0.5) is 13.2 Å². The van der Waals surface area contributed by atoms with Crippen LogP contribution in [-0.4, -0.2) is 11.5 Å². The number of fused-ring (bicyclic) bond motifs is 2. The number of nitrogens with two attached hydrogens (primary N) is 1. The molecule has 0 bridgehead atoms. The summed E-state index contributed by atoms with van der Waals surface area (Å²) in [7, 11) is 0. The molecule has 0 aliphatic heterocycles. The number of hydrogen-bond acceptors (Lipinski definition) is 1. The number of nitrogens with one attached hydrogen (secondary N) is 1. The Morgan fingerprint density at radius 1 is 0.821 bits per heavy atom. The van der Waals surface area contributed by atoms with Crippen molar-refractivity contribution in [2.45, 2.75) is 25.4 Å². The molecule has 2 nitrogen and oxygen atoms in total. The van der Waals surface area contributed by atoms with Gasteiger partial charge in [-0.1, -0.05) is 54.6 Å². The molecule has 0 spiro atoms. The predicted molar refractivity (Wildman–Crippen MR) is 108 cm³/mol. The second kappa shape index (κ2) is 7.32. The molecule has 0 aliphatic rings. The maximum Gasteiger partial charge on any atom is 0.418 e. The first-order valence-corrected chi connectivity index (χ1v) is 9.39. The zero-order valence-corrected chi connectivity index (χ0v) is 15.3. The van der Waals surface area contributed by atoms with Crippen molar-refractivity contribution >= 4 is 21.7 Å². The molecular formula is C23H21F3N2. The third-order valence-electron chi connectivity index (χ3n) is 5.19. The Morgan fingerprint density at radius 3 is 2.32 bits per heavy atom. The molecule has 0 atom stereocenters. The van der Waals surface area contributed by atoms with Gasteiger partial charge in [0.1, 0.15) is 0 Å². The number of unbranched alkanes of at least 4 members (excludes halogenated alkanes) is 1. The van der Waals surface area contributed by atoms with E-state index in [0.717, 1.165) is 46.5 Å². The van der Waals surface area contributed by atoms with E-state index in [9.17, 15) is 13.2 Å². The maximum atomic E-state index is 13.6. The average Bonchev–Trinajstić information content (AvgIpc) is 3.05. The van der Waals surface area contributed by atoms with Gasteiger partial charge >= 0.3 is 6.18 Å². The normalized spacial score (nSPS) is 12.1. The predicted octanol–water partition coefficient (Wildman–Crippen LogP) is 6.29. The Bertz CT molecular complexity index is 1120. The van der Waals surface area contributed by atoms with Crippen molar-refractivity contribution in [2.24, 2.45) is 5.73 Å². The van der Waals surface area contributed by atoms with Gasteiger partial charge in [0.2, 0.25) is 0 Å². The fourth-order valence-corrected chi connectivity index (χ4v) is 3.89. The summed E-state index contributed by atoms with van der Waals surface area (Å²) in [6.45, 7) is 0.569. The number of benzene rings is 3. The van der Waals surface area contributed by atoms with Crippen molar-refractivity contribution in [3.63, 3.8) is 0 Å². The lowest BCUT2D eigenvalue weighted by Crippen LogP contribution is -2.05. The summed E-state index contributed by atoms with van der Waals surface area (Å²) in [5, 5.41) is 2.71. The second-order valence-corrected chi connectivity index (χ2v) is 6.98. The highest BCUT2D eigenvalue weighted by Crippen LogP contribution is 2.40. The van der Waals surface area contributed by atoms with Crippen molar-refractivity contribution in [1.29, 1.82) is 0 Å². The first kappa shape index (κ1) is 18.6. The van der Waals surface area contributed by atoms with Crippen LogP contribution in [0, 0.1) is 0 Å². The van der Waals surface area contributed by atoms with Crippen LogP contribution in [0.5, 0.6) is 0 Å². The third kappa shape index (κ3) is 3.27. The number of aryl methyl sites for hydroxylation is 1. The highest BCUT2D eigenvalue weighted by atomic mass is 19.4. The Morgan fingerprint density at radius 2 is 1.54 bits per heavy atom. The molecule has 1 aromatic heterocycles. The molecule has 0 fully saturated rings. The Kier molecular flexibility index (Phi) is 4.85. The third-order valence-corrected chi connectivity index (χ3v) is 5.19. The summed E-state index contributed by atoms with van der Waals surface area (Å²) in [6.07, 6.45) is -2.07. The fourth-order valence-electron chi connectivity index (χ4n) is 3.89. The molecule has 0 unspecified atom stereocenters. The number of aromatic nitrogens is 1. The monoisotopic (exact) mass is 382 g/mol.